The Morgan fingerprint density at radius 3 is 1.67 bits per heavy atom. The van der Waals surface area contributed by atoms with E-state index in [1.54, 1.807) is 0 Å². The minimum atomic E-state index is -1.87. The summed E-state index contributed by atoms with van der Waals surface area (Å²) in [5.41, 5.74) is 1.43. The highest BCUT2D eigenvalue weighted by Crippen LogP contribution is 2.42. The van der Waals surface area contributed by atoms with Crippen LogP contribution in [0, 0.1) is 5.92 Å². The predicted molar refractivity (Wildman–Crippen MR) is 111 cm³/mol. The Bertz CT molecular complexity index is 789. The molecule has 0 N–H and O–H groups in total. The van der Waals surface area contributed by atoms with Gasteiger partial charge in [0.15, 0.2) is 0 Å². The lowest BCUT2D eigenvalue weighted by Gasteiger charge is -2.29. The van der Waals surface area contributed by atoms with Gasteiger partial charge in [0.05, 0.1) is 0 Å². The second kappa shape index (κ2) is 7.24. The van der Waals surface area contributed by atoms with Gasteiger partial charge in [-0.3, -0.25) is 0 Å². The molecule has 0 spiro atoms. The molecule has 0 amide bonds. The van der Waals surface area contributed by atoms with E-state index in [-0.39, 0.29) is 0 Å². The minimum absolute atomic E-state index is 0.631. The SMILES string of the molecule is C=P(c1ccccc1)(c1ccccc1)c1ccccc1CC(C)C. The molecular formula is C23H25P. The summed E-state index contributed by atoms with van der Waals surface area (Å²) >= 11 is 0. The van der Waals surface area contributed by atoms with Gasteiger partial charge in [-0.15, -0.1) is 0 Å². The molecule has 0 radical (unpaired) electrons. The van der Waals surface area contributed by atoms with Crippen molar-refractivity contribution in [2.45, 2.75) is 20.3 Å². The molecule has 1 heteroatoms. The van der Waals surface area contributed by atoms with E-state index >= 15 is 0 Å². The van der Waals surface area contributed by atoms with Gasteiger partial charge in [-0.2, -0.15) is 0 Å². The molecular weight excluding hydrogens is 307 g/mol. The Morgan fingerprint density at radius 2 is 1.17 bits per heavy atom. The van der Waals surface area contributed by atoms with Crippen LogP contribution in [0.25, 0.3) is 0 Å². The van der Waals surface area contributed by atoms with Crippen molar-refractivity contribution in [3.05, 3.63) is 90.5 Å². The van der Waals surface area contributed by atoms with E-state index in [1.165, 1.54) is 21.5 Å². The van der Waals surface area contributed by atoms with Crippen LogP contribution in [0.1, 0.15) is 19.4 Å². The summed E-state index contributed by atoms with van der Waals surface area (Å²) in [6.07, 6.45) is 5.95. The van der Waals surface area contributed by atoms with Gasteiger partial charge in [-0.1, -0.05) is 105 Å². The molecule has 0 aliphatic rings. The van der Waals surface area contributed by atoms with Gasteiger partial charge < -0.3 is 0 Å². The molecule has 0 unspecified atom stereocenters. The molecule has 3 rings (SSSR count). The minimum Gasteiger partial charge on any atom is -0.0887 e. The van der Waals surface area contributed by atoms with Crippen molar-refractivity contribution >= 4 is 29.1 Å². The maximum absolute atomic E-state index is 4.86. The lowest BCUT2D eigenvalue weighted by molar-refractivity contribution is 0.649. The first-order valence-corrected chi connectivity index (χ1v) is 10.5. The Kier molecular flexibility index (Phi) is 5.07. The van der Waals surface area contributed by atoms with Crippen molar-refractivity contribution < 1.29 is 0 Å². The lowest BCUT2D eigenvalue weighted by atomic mass is 10.0. The van der Waals surface area contributed by atoms with Gasteiger partial charge in [0.2, 0.25) is 0 Å². The zero-order valence-corrected chi connectivity index (χ0v) is 15.4. The highest BCUT2D eigenvalue weighted by Gasteiger charge is 2.24. The third-order valence-corrected chi connectivity index (χ3v) is 8.04. The van der Waals surface area contributed by atoms with Crippen LogP contribution in [-0.2, 0) is 6.42 Å². The molecule has 0 fully saturated rings. The van der Waals surface area contributed by atoms with E-state index in [0.717, 1.165) is 6.42 Å². The highest BCUT2D eigenvalue weighted by molar-refractivity contribution is 7.93. The van der Waals surface area contributed by atoms with Crippen LogP contribution in [-0.4, -0.2) is 6.30 Å². The highest BCUT2D eigenvalue weighted by atomic mass is 31.2. The largest absolute Gasteiger partial charge is 0.0887 e. The third kappa shape index (κ3) is 3.25. The standard InChI is InChI=1S/C23H25P/c1-19(2)18-20-12-10-11-17-23(20)24(3,21-13-6-4-7-14-21)22-15-8-5-9-16-22/h4-17,19H,3,18H2,1-2H3. The van der Waals surface area contributed by atoms with Crippen LogP contribution in [0.4, 0.5) is 0 Å². The Morgan fingerprint density at radius 1 is 0.708 bits per heavy atom. The van der Waals surface area contributed by atoms with Gasteiger partial charge in [-0.25, -0.2) is 0 Å². The Balaban J connectivity index is 2.27. The molecule has 122 valence electrons. The van der Waals surface area contributed by atoms with Crippen molar-refractivity contribution in [3.63, 3.8) is 0 Å². The normalized spacial score (nSPS) is 11.6. The second-order valence-corrected chi connectivity index (χ2v) is 9.84. The monoisotopic (exact) mass is 332 g/mol. The van der Waals surface area contributed by atoms with Crippen LogP contribution in [0.3, 0.4) is 0 Å². The topological polar surface area (TPSA) is 0 Å². The number of rotatable bonds is 5. The zero-order valence-electron chi connectivity index (χ0n) is 14.5. The van der Waals surface area contributed by atoms with Crippen molar-refractivity contribution in [2.24, 2.45) is 5.92 Å². The molecule has 3 aromatic rings. The summed E-state index contributed by atoms with van der Waals surface area (Å²) in [4.78, 5) is 0. The molecule has 0 saturated carbocycles. The van der Waals surface area contributed by atoms with E-state index in [0.29, 0.717) is 5.92 Å². The number of hydrogen-bond acceptors (Lipinski definition) is 0. The van der Waals surface area contributed by atoms with Crippen LogP contribution < -0.4 is 15.9 Å². The molecule has 3 aromatic carbocycles. The van der Waals surface area contributed by atoms with Gasteiger partial charge in [-0.05, 0) is 40.7 Å². The van der Waals surface area contributed by atoms with Crippen LogP contribution >= 0.6 is 6.89 Å². The number of hydrogen-bond donors (Lipinski definition) is 0. The molecule has 0 bridgehead atoms. The van der Waals surface area contributed by atoms with Gasteiger partial charge in [0.25, 0.3) is 0 Å². The second-order valence-electron chi connectivity index (χ2n) is 6.71. The van der Waals surface area contributed by atoms with E-state index in [2.05, 4.69) is 98.8 Å². The third-order valence-electron chi connectivity index (χ3n) is 4.42. The molecule has 0 aromatic heterocycles. The fourth-order valence-corrected chi connectivity index (χ4v) is 6.50. The van der Waals surface area contributed by atoms with E-state index in [9.17, 15) is 0 Å². The van der Waals surface area contributed by atoms with Crippen LogP contribution in [0.15, 0.2) is 84.9 Å². The summed E-state index contributed by atoms with van der Waals surface area (Å²) in [5, 5.41) is 4.09. The van der Waals surface area contributed by atoms with Crippen molar-refractivity contribution in [3.8, 4) is 0 Å². The average Bonchev–Trinajstić information content (AvgIpc) is 2.62. The van der Waals surface area contributed by atoms with E-state index in [1.807, 2.05) is 0 Å². The fourth-order valence-electron chi connectivity index (χ4n) is 3.29. The maximum Gasteiger partial charge on any atom is -0.0133 e. The van der Waals surface area contributed by atoms with E-state index in [4.69, 9.17) is 6.30 Å². The van der Waals surface area contributed by atoms with Crippen molar-refractivity contribution in [1.82, 2.24) is 0 Å². The quantitative estimate of drug-likeness (QED) is 0.599. The smallest absolute Gasteiger partial charge is 0.0133 e. The summed E-state index contributed by atoms with van der Waals surface area (Å²) in [6.45, 7) is 2.70. The molecule has 24 heavy (non-hydrogen) atoms. The summed E-state index contributed by atoms with van der Waals surface area (Å²) in [5.74, 6) is 0.631. The van der Waals surface area contributed by atoms with Crippen molar-refractivity contribution in [2.75, 3.05) is 0 Å². The van der Waals surface area contributed by atoms with E-state index < -0.39 is 6.89 Å². The Labute approximate surface area is 146 Å². The molecule has 0 aliphatic carbocycles. The van der Waals surface area contributed by atoms with Crippen LogP contribution in [0.2, 0.25) is 0 Å². The first kappa shape index (κ1) is 16.8. The lowest BCUT2D eigenvalue weighted by Crippen LogP contribution is -2.28. The number of benzene rings is 3. The summed E-state index contributed by atoms with van der Waals surface area (Å²) < 4.78 is 0. The predicted octanol–water partition coefficient (Wildman–Crippen LogP) is 4.61. The molecule has 0 atom stereocenters. The average molecular weight is 332 g/mol. The first-order chi connectivity index (χ1) is 11.6. The maximum atomic E-state index is 4.86. The summed E-state index contributed by atoms with van der Waals surface area (Å²) in [7, 11) is 0. The van der Waals surface area contributed by atoms with Gasteiger partial charge >= 0.3 is 0 Å². The van der Waals surface area contributed by atoms with Crippen molar-refractivity contribution in [1.29, 1.82) is 0 Å². The summed E-state index contributed by atoms with van der Waals surface area (Å²) in [6, 6.07) is 30.5. The molecule has 0 heterocycles. The Hall–Kier alpha value is -2.04. The first-order valence-electron chi connectivity index (χ1n) is 8.55. The van der Waals surface area contributed by atoms with Gasteiger partial charge in [0, 0.05) is 0 Å². The molecule has 0 nitrogen and oxygen atoms in total. The van der Waals surface area contributed by atoms with Crippen LogP contribution in [0.5, 0.6) is 0 Å². The fraction of sp³-hybridized carbons (Fsp3) is 0.174. The zero-order chi connectivity index (χ0) is 17.0. The molecule has 0 aliphatic heterocycles. The molecule has 0 saturated heterocycles. The van der Waals surface area contributed by atoms with Gasteiger partial charge in [0.1, 0.15) is 0 Å².